The van der Waals surface area contributed by atoms with E-state index < -0.39 is 10.0 Å². The van der Waals surface area contributed by atoms with E-state index >= 15 is 0 Å². The monoisotopic (exact) mass is 297 g/mol. The standard InChI is InChI=1S/C14H23N3O2S/c1-5-8-15-9-13-6-7-14(16-10-13)20(18,19)17(4)11-12(2)3/h6-7,10,15H,2,5,8-9,11H2,1,3-4H3. The highest BCUT2D eigenvalue weighted by atomic mass is 32.2. The molecule has 0 fully saturated rings. The molecule has 1 aromatic rings. The molecule has 0 aliphatic rings. The minimum Gasteiger partial charge on any atom is -0.313 e. The third-order valence-electron chi connectivity index (χ3n) is 2.72. The summed E-state index contributed by atoms with van der Waals surface area (Å²) in [4.78, 5) is 4.06. The van der Waals surface area contributed by atoms with Crippen molar-refractivity contribution in [1.29, 1.82) is 0 Å². The molecule has 0 aromatic carbocycles. The first kappa shape index (κ1) is 16.8. The summed E-state index contributed by atoms with van der Waals surface area (Å²) in [6.07, 6.45) is 2.66. The smallest absolute Gasteiger partial charge is 0.260 e. The molecule has 1 rings (SSSR count). The van der Waals surface area contributed by atoms with Crippen LogP contribution in [0.4, 0.5) is 0 Å². The second-order valence-corrected chi connectivity index (χ2v) is 6.89. The van der Waals surface area contributed by atoms with Crippen LogP contribution >= 0.6 is 0 Å². The third kappa shape index (κ3) is 4.70. The Bertz CT molecular complexity index is 538. The molecule has 0 bridgehead atoms. The van der Waals surface area contributed by atoms with Gasteiger partial charge < -0.3 is 5.32 Å². The lowest BCUT2D eigenvalue weighted by molar-refractivity contribution is 0.489. The van der Waals surface area contributed by atoms with E-state index in [4.69, 9.17) is 0 Å². The van der Waals surface area contributed by atoms with Crippen molar-refractivity contribution in [3.8, 4) is 0 Å². The molecule has 1 heterocycles. The summed E-state index contributed by atoms with van der Waals surface area (Å²) < 4.78 is 25.7. The second kappa shape index (κ2) is 7.52. The van der Waals surface area contributed by atoms with Gasteiger partial charge in [0.2, 0.25) is 0 Å². The highest BCUT2D eigenvalue weighted by Crippen LogP contribution is 2.13. The fourth-order valence-electron chi connectivity index (χ4n) is 1.70. The minimum absolute atomic E-state index is 0.0699. The predicted molar refractivity (Wildman–Crippen MR) is 80.9 cm³/mol. The topological polar surface area (TPSA) is 62.3 Å². The molecular weight excluding hydrogens is 274 g/mol. The van der Waals surface area contributed by atoms with Gasteiger partial charge in [-0.25, -0.2) is 13.4 Å². The molecule has 0 atom stereocenters. The van der Waals surface area contributed by atoms with Crippen molar-refractivity contribution in [1.82, 2.24) is 14.6 Å². The van der Waals surface area contributed by atoms with Crippen LogP contribution in [0.5, 0.6) is 0 Å². The van der Waals surface area contributed by atoms with Crippen LogP contribution in [0.2, 0.25) is 0 Å². The maximum absolute atomic E-state index is 12.2. The van der Waals surface area contributed by atoms with Crippen LogP contribution < -0.4 is 5.32 Å². The SMILES string of the molecule is C=C(C)CN(C)S(=O)(=O)c1ccc(CNCCC)cn1. The largest absolute Gasteiger partial charge is 0.313 e. The normalized spacial score (nSPS) is 11.8. The minimum atomic E-state index is -3.53. The number of rotatable bonds is 8. The van der Waals surface area contributed by atoms with E-state index in [9.17, 15) is 8.42 Å². The first-order valence-corrected chi connectivity index (χ1v) is 8.08. The molecule has 5 nitrogen and oxygen atoms in total. The van der Waals surface area contributed by atoms with Crippen LogP contribution in [-0.4, -0.2) is 37.8 Å². The lowest BCUT2D eigenvalue weighted by atomic mass is 10.3. The Morgan fingerprint density at radius 1 is 1.45 bits per heavy atom. The molecule has 20 heavy (non-hydrogen) atoms. The maximum Gasteiger partial charge on any atom is 0.260 e. The zero-order valence-corrected chi connectivity index (χ0v) is 13.2. The van der Waals surface area contributed by atoms with Gasteiger partial charge in [-0.2, -0.15) is 4.31 Å². The van der Waals surface area contributed by atoms with Crippen LogP contribution in [0.15, 0.2) is 35.5 Å². The molecule has 0 aliphatic carbocycles. The number of aromatic nitrogens is 1. The third-order valence-corrected chi connectivity index (χ3v) is 4.44. The van der Waals surface area contributed by atoms with Gasteiger partial charge in [0.15, 0.2) is 5.03 Å². The zero-order valence-electron chi connectivity index (χ0n) is 12.4. The van der Waals surface area contributed by atoms with E-state index in [-0.39, 0.29) is 5.03 Å². The molecular formula is C14H23N3O2S. The van der Waals surface area contributed by atoms with Gasteiger partial charge in [0.05, 0.1) is 0 Å². The van der Waals surface area contributed by atoms with E-state index in [0.717, 1.165) is 24.1 Å². The molecule has 0 spiro atoms. The Balaban J connectivity index is 2.79. The van der Waals surface area contributed by atoms with Crippen molar-refractivity contribution in [3.05, 3.63) is 36.0 Å². The van der Waals surface area contributed by atoms with E-state index in [1.54, 1.807) is 25.3 Å². The number of hydrogen-bond acceptors (Lipinski definition) is 4. The van der Waals surface area contributed by atoms with E-state index in [2.05, 4.69) is 23.8 Å². The fourth-order valence-corrected chi connectivity index (χ4v) is 2.84. The molecule has 6 heteroatoms. The Morgan fingerprint density at radius 2 is 2.15 bits per heavy atom. The summed E-state index contributed by atoms with van der Waals surface area (Å²) in [5.41, 5.74) is 1.76. The van der Waals surface area contributed by atoms with Gasteiger partial charge in [0, 0.05) is 26.3 Å². The summed E-state index contributed by atoms with van der Waals surface area (Å²) in [5.74, 6) is 0. The molecule has 0 amide bonds. The van der Waals surface area contributed by atoms with Gasteiger partial charge in [-0.3, -0.25) is 0 Å². The second-order valence-electron chi connectivity index (χ2n) is 4.90. The van der Waals surface area contributed by atoms with E-state index in [0.29, 0.717) is 13.1 Å². The first-order valence-electron chi connectivity index (χ1n) is 6.64. The van der Waals surface area contributed by atoms with Crippen LogP contribution in [-0.2, 0) is 16.6 Å². The number of pyridine rings is 1. The van der Waals surface area contributed by atoms with Gasteiger partial charge in [-0.05, 0) is 31.5 Å². The van der Waals surface area contributed by atoms with Crippen molar-refractivity contribution in [2.24, 2.45) is 0 Å². The van der Waals surface area contributed by atoms with Crippen LogP contribution in [0.3, 0.4) is 0 Å². The summed E-state index contributed by atoms with van der Waals surface area (Å²) in [5, 5.41) is 3.32. The number of hydrogen-bond donors (Lipinski definition) is 1. The van der Waals surface area contributed by atoms with Crippen LogP contribution in [0.25, 0.3) is 0 Å². The number of likely N-dealkylation sites (N-methyl/N-ethyl adjacent to an activating group) is 1. The molecule has 1 N–H and O–H groups in total. The van der Waals surface area contributed by atoms with Crippen molar-refractivity contribution in [2.75, 3.05) is 20.1 Å². The zero-order chi connectivity index (χ0) is 15.2. The molecule has 0 saturated carbocycles. The number of nitrogens with one attached hydrogen (secondary N) is 1. The lowest BCUT2D eigenvalue weighted by Crippen LogP contribution is -2.29. The maximum atomic E-state index is 12.2. The average Bonchev–Trinajstić information content (AvgIpc) is 2.39. The quantitative estimate of drug-likeness (QED) is 0.587. The van der Waals surface area contributed by atoms with Gasteiger partial charge in [0.1, 0.15) is 0 Å². The molecule has 0 unspecified atom stereocenters. The van der Waals surface area contributed by atoms with Gasteiger partial charge in [-0.15, -0.1) is 0 Å². The Hall–Kier alpha value is -1.24. The van der Waals surface area contributed by atoms with E-state index in [1.165, 1.54) is 11.4 Å². The van der Waals surface area contributed by atoms with Gasteiger partial charge in [0.25, 0.3) is 10.0 Å². The molecule has 1 aromatic heterocycles. The fraction of sp³-hybridized carbons (Fsp3) is 0.500. The Labute approximate surface area is 121 Å². The Morgan fingerprint density at radius 3 is 2.65 bits per heavy atom. The summed E-state index contributed by atoms with van der Waals surface area (Å²) in [7, 11) is -2.00. The van der Waals surface area contributed by atoms with E-state index in [1.807, 2.05) is 0 Å². The molecule has 0 radical (unpaired) electrons. The first-order chi connectivity index (χ1) is 9.37. The van der Waals surface area contributed by atoms with Gasteiger partial charge >= 0.3 is 0 Å². The lowest BCUT2D eigenvalue weighted by Gasteiger charge is -2.16. The summed E-state index contributed by atoms with van der Waals surface area (Å²) in [6.45, 7) is 9.54. The molecule has 0 saturated heterocycles. The number of nitrogens with zero attached hydrogens (tertiary/aromatic N) is 2. The van der Waals surface area contributed by atoms with Crippen molar-refractivity contribution in [2.45, 2.75) is 31.8 Å². The highest BCUT2D eigenvalue weighted by Gasteiger charge is 2.21. The molecule has 0 aliphatic heterocycles. The average molecular weight is 297 g/mol. The van der Waals surface area contributed by atoms with Crippen LogP contribution in [0, 0.1) is 0 Å². The molecule has 112 valence electrons. The Kier molecular flexibility index (Phi) is 6.32. The highest BCUT2D eigenvalue weighted by molar-refractivity contribution is 7.89. The van der Waals surface area contributed by atoms with Crippen molar-refractivity contribution in [3.63, 3.8) is 0 Å². The summed E-state index contributed by atoms with van der Waals surface area (Å²) in [6, 6.07) is 3.34. The number of sulfonamides is 1. The van der Waals surface area contributed by atoms with Crippen LogP contribution in [0.1, 0.15) is 25.8 Å². The predicted octanol–water partition coefficient (Wildman–Crippen LogP) is 1.78. The van der Waals surface area contributed by atoms with Gasteiger partial charge in [-0.1, -0.05) is 25.1 Å². The van der Waals surface area contributed by atoms with Crippen molar-refractivity contribution < 1.29 is 8.42 Å². The van der Waals surface area contributed by atoms with Crippen molar-refractivity contribution >= 4 is 10.0 Å². The summed E-state index contributed by atoms with van der Waals surface area (Å²) >= 11 is 0.